The van der Waals surface area contributed by atoms with Crippen molar-refractivity contribution in [1.29, 1.82) is 0 Å². The van der Waals surface area contributed by atoms with E-state index in [4.69, 9.17) is 4.74 Å². The highest BCUT2D eigenvalue weighted by molar-refractivity contribution is 5.67. The number of rotatable bonds is 3. The summed E-state index contributed by atoms with van der Waals surface area (Å²) in [5, 5.41) is 2.36. The fourth-order valence-corrected chi connectivity index (χ4v) is 1.000. The average molecular weight is 232 g/mol. The van der Waals surface area contributed by atoms with Gasteiger partial charge in [-0.2, -0.15) is 0 Å². The molecule has 0 aliphatic rings. The summed E-state index contributed by atoms with van der Waals surface area (Å²) < 4.78 is 4.84. The Morgan fingerprint density at radius 1 is 1.12 bits per heavy atom. The van der Waals surface area contributed by atoms with Gasteiger partial charge in [0.05, 0.1) is 0 Å². The van der Waals surface area contributed by atoms with Crippen LogP contribution in [0.1, 0.15) is 41.5 Å². The van der Waals surface area contributed by atoms with Gasteiger partial charge in [0, 0.05) is 7.05 Å². The van der Waals surface area contributed by atoms with Crippen LogP contribution >= 0.6 is 0 Å². The molecule has 0 aliphatic carbocycles. The first-order chi connectivity index (χ1) is 7.30. The van der Waals surface area contributed by atoms with Crippen molar-refractivity contribution >= 4 is 6.09 Å². The lowest BCUT2D eigenvalue weighted by Crippen LogP contribution is -2.30. The second-order valence-corrected chi connectivity index (χ2v) is 4.37. The van der Waals surface area contributed by atoms with Gasteiger partial charge in [0.25, 0.3) is 0 Å². The minimum absolute atomic E-state index is 0.387. The Balaban J connectivity index is 0. The number of carbonyl (C=O) groups is 1. The zero-order chi connectivity index (χ0) is 13.2. The van der Waals surface area contributed by atoms with Crippen LogP contribution in [0.5, 0.6) is 0 Å². The molecule has 98 valence electrons. The molecule has 0 heterocycles. The number of hydrogen-bond acceptors (Lipinski definition) is 3. The molecule has 0 rings (SSSR count). The summed E-state index contributed by atoms with van der Waals surface area (Å²) in [6.07, 6.45) is -0.387. The summed E-state index contributed by atoms with van der Waals surface area (Å²) in [6, 6.07) is 0. The first kappa shape index (κ1) is 17.6. The van der Waals surface area contributed by atoms with Crippen molar-refractivity contribution in [2.75, 3.05) is 26.7 Å². The van der Waals surface area contributed by atoms with Crippen LogP contribution in [0.4, 0.5) is 4.79 Å². The lowest BCUT2D eigenvalue weighted by atomic mass is 10.2. The molecule has 0 atom stereocenters. The molecule has 0 fully saturated rings. The van der Waals surface area contributed by atoms with Crippen LogP contribution in [-0.2, 0) is 4.74 Å². The lowest BCUT2D eigenvalue weighted by Gasteiger charge is -2.18. The zero-order valence-electron chi connectivity index (χ0n) is 11.9. The number of alkyl carbamates (subject to hydrolysis) is 1. The third-order valence-electron chi connectivity index (χ3n) is 1.94. The van der Waals surface area contributed by atoms with Crippen LogP contribution in [0, 0.1) is 0 Å². The monoisotopic (exact) mass is 232 g/mol. The maximum atomic E-state index is 10.5. The van der Waals surface area contributed by atoms with E-state index >= 15 is 0 Å². The Bertz CT molecular complexity index is 167. The van der Waals surface area contributed by atoms with Gasteiger partial charge in [-0.15, -0.1) is 0 Å². The number of amides is 1. The summed E-state index contributed by atoms with van der Waals surface area (Å²) in [6.45, 7) is 15.6. The van der Waals surface area contributed by atoms with Crippen molar-refractivity contribution in [1.82, 2.24) is 10.2 Å². The maximum absolute atomic E-state index is 10.5. The molecule has 0 aromatic rings. The highest BCUT2D eigenvalue weighted by Crippen LogP contribution is 2.05. The molecule has 1 N–H and O–H groups in total. The van der Waals surface area contributed by atoms with Crippen molar-refractivity contribution in [2.24, 2.45) is 0 Å². The Morgan fingerprint density at radius 3 is 1.56 bits per heavy atom. The van der Waals surface area contributed by atoms with E-state index < -0.39 is 0 Å². The highest BCUT2D eigenvalue weighted by atomic mass is 16.6. The Morgan fingerprint density at radius 2 is 1.50 bits per heavy atom. The van der Waals surface area contributed by atoms with E-state index in [0.29, 0.717) is 0 Å². The maximum Gasteiger partial charge on any atom is 0.407 e. The smallest absolute Gasteiger partial charge is 0.407 e. The number of nitrogens with zero attached hydrogens (tertiary/aromatic N) is 1. The summed E-state index contributed by atoms with van der Waals surface area (Å²) >= 11 is 0. The van der Waals surface area contributed by atoms with E-state index in [2.05, 4.69) is 31.0 Å². The summed E-state index contributed by atoms with van der Waals surface area (Å²) in [4.78, 5) is 12.9. The van der Waals surface area contributed by atoms with E-state index in [1.54, 1.807) is 0 Å². The molecule has 0 spiro atoms. The molecular formula is C12H28N2O2. The van der Waals surface area contributed by atoms with Gasteiger partial charge in [0.2, 0.25) is 0 Å². The molecule has 0 aromatic carbocycles. The highest BCUT2D eigenvalue weighted by Gasteiger charge is 2.13. The first-order valence-corrected chi connectivity index (χ1v) is 5.93. The van der Waals surface area contributed by atoms with E-state index in [-0.39, 0.29) is 11.7 Å². The summed E-state index contributed by atoms with van der Waals surface area (Å²) in [7, 11) is 1.54. The van der Waals surface area contributed by atoms with Gasteiger partial charge < -0.3 is 15.0 Å². The Labute approximate surface area is 100 Å². The molecule has 0 saturated heterocycles. The van der Waals surface area contributed by atoms with Gasteiger partial charge >= 0.3 is 6.09 Å². The van der Waals surface area contributed by atoms with Crippen molar-refractivity contribution in [3.8, 4) is 0 Å². The summed E-state index contributed by atoms with van der Waals surface area (Å²) in [5.41, 5.74) is -0.389. The van der Waals surface area contributed by atoms with E-state index in [9.17, 15) is 4.79 Å². The second-order valence-electron chi connectivity index (χ2n) is 4.37. The predicted octanol–water partition coefficient (Wildman–Crippen LogP) is 2.49. The Hall–Kier alpha value is -0.770. The SMILES string of the molecule is CCN(CC)CC.CNC(=O)OC(C)(C)C. The number of hydrogen-bond donors (Lipinski definition) is 1. The van der Waals surface area contributed by atoms with Gasteiger partial charge in [-0.05, 0) is 40.4 Å². The second kappa shape index (κ2) is 9.46. The number of ether oxygens (including phenoxy) is 1. The molecule has 0 aromatic heterocycles. The fraction of sp³-hybridized carbons (Fsp3) is 0.917. The molecule has 0 saturated carbocycles. The quantitative estimate of drug-likeness (QED) is 0.813. The third-order valence-corrected chi connectivity index (χ3v) is 1.94. The van der Waals surface area contributed by atoms with Gasteiger partial charge in [-0.3, -0.25) is 0 Å². The minimum Gasteiger partial charge on any atom is -0.444 e. The molecule has 4 heteroatoms. The predicted molar refractivity (Wildman–Crippen MR) is 68.8 cm³/mol. The normalized spacial score (nSPS) is 10.5. The van der Waals surface area contributed by atoms with Crippen LogP contribution in [0.2, 0.25) is 0 Å². The topological polar surface area (TPSA) is 41.6 Å². The lowest BCUT2D eigenvalue weighted by molar-refractivity contribution is 0.0541. The van der Waals surface area contributed by atoms with Gasteiger partial charge in [0.15, 0.2) is 0 Å². The largest absolute Gasteiger partial charge is 0.444 e. The molecular weight excluding hydrogens is 204 g/mol. The van der Waals surface area contributed by atoms with E-state index in [1.807, 2.05) is 20.8 Å². The van der Waals surface area contributed by atoms with Gasteiger partial charge in [-0.25, -0.2) is 4.79 Å². The average Bonchev–Trinajstić information content (AvgIpc) is 2.19. The van der Waals surface area contributed by atoms with Gasteiger partial charge in [0.1, 0.15) is 5.60 Å². The van der Waals surface area contributed by atoms with E-state index in [0.717, 1.165) is 0 Å². The van der Waals surface area contributed by atoms with Crippen LogP contribution in [0.3, 0.4) is 0 Å². The number of nitrogens with one attached hydrogen (secondary N) is 1. The van der Waals surface area contributed by atoms with Crippen LogP contribution < -0.4 is 5.32 Å². The standard InChI is InChI=1S/C6H13NO2.C6H15N/c1-6(2,3)9-5(8)7-4;1-4-7(5-2)6-3/h1-4H3,(H,7,8);4-6H2,1-3H3. The van der Waals surface area contributed by atoms with Crippen LogP contribution in [0.15, 0.2) is 0 Å². The molecule has 0 bridgehead atoms. The molecule has 4 nitrogen and oxygen atoms in total. The van der Waals surface area contributed by atoms with Crippen LogP contribution in [0.25, 0.3) is 0 Å². The third kappa shape index (κ3) is 13.2. The van der Waals surface area contributed by atoms with Crippen molar-refractivity contribution in [2.45, 2.75) is 47.1 Å². The van der Waals surface area contributed by atoms with Crippen molar-refractivity contribution in [3.05, 3.63) is 0 Å². The van der Waals surface area contributed by atoms with Crippen molar-refractivity contribution < 1.29 is 9.53 Å². The van der Waals surface area contributed by atoms with Gasteiger partial charge in [-0.1, -0.05) is 20.8 Å². The first-order valence-electron chi connectivity index (χ1n) is 5.93. The molecule has 0 unspecified atom stereocenters. The van der Waals surface area contributed by atoms with Crippen molar-refractivity contribution in [3.63, 3.8) is 0 Å². The molecule has 0 aliphatic heterocycles. The summed E-state index contributed by atoms with van der Waals surface area (Å²) in [5.74, 6) is 0. The fourth-order valence-electron chi connectivity index (χ4n) is 1.000. The molecule has 1 amide bonds. The van der Waals surface area contributed by atoms with E-state index in [1.165, 1.54) is 26.7 Å². The minimum atomic E-state index is -0.389. The molecule has 16 heavy (non-hydrogen) atoms. The number of carbonyl (C=O) groups excluding carboxylic acids is 1. The zero-order valence-corrected chi connectivity index (χ0v) is 11.9. The molecule has 0 radical (unpaired) electrons. The van der Waals surface area contributed by atoms with Crippen LogP contribution in [-0.4, -0.2) is 43.3 Å². The Kier molecular flexibility index (Phi) is 10.4.